The number of alkyl halides is 10. The van der Waals surface area contributed by atoms with E-state index in [1.165, 1.54) is 0 Å². The first-order valence-corrected chi connectivity index (χ1v) is 14.4. The molecule has 19 heteroatoms. The Morgan fingerprint density at radius 3 is 1.73 bits per heavy atom. The van der Waals surface area contributed by atoms with Crippen LogP contribution in [0.3, 0.4) is 0 Å². The van der Waals surface area contributed by atoms with Crippen LogP contribution in [0.4, 0.5) is 43.9 Å². The second-order valence-electron chi connectivity index (χ2n) is 11.4. The first-order chi connectivity index (χ1) is 19.9. The molecule has 4 aliphatic rings. The van der Waals surface area contributed by atoms with E-state index in [1.807, 2.05) is 0 Å². The maximum Gasteiger partial charge on any atom is 0.468 e. The Kier molecular flexibility index (Phi) is 8.55. The maximum absolute atomic E-state index is 14.6. The number of rotatable bonds is 10. The predicted octanol–water partition coefficient (Wildman–Crippen LogP) is 6.15. The van der Waals surface area contributed by atoms with E-state index in [2.05, 4.69) is 14.2 Å². The molecule has 0 saturated heterocycles. The summed E-state index contributed by atoms with van der Waals surface area (Å²) < 4.78 is 181. The Morgan fingerprint density at radius 1 is 0.841 bits per heavy atom. The quantitative estimate of drug-likeness (QED) is 0.103. The van der Waals surface area contributed by atoms with E-state index in [0.29, 0.717) is 43.5 Å². The molecule has 4 fully saturated rings. The maximum atomic E-state index is 14.6. The van der Waals surface area contributed by atoms with Crippen molar-refractivity contribution < 1.29 is 80.7 Å². The second-order valence-corrected chi connectivity index (χ2v) is 12.9. The molecule has 4 bridgehead atoms. The minimum Gasteiger partial charge on any atom is -0.421 e. The summed E-state index contributed by atoms with van der Waals surface area (Å²) in [6.45, 7) is -2.21. The molecular weight excluding hydrogens is 650 g/mol. The van der Waals surface area contributed by atoms with Crippen molar-refractivity contribution in [3.05, 3.63) is 29.8 Å². The van der Waals surface area contributed by atoms with Crippen LogP contribution < -0.4 is 4.74 Å². The van der Waals surface area contributed by atoms with Crippen molar-refractivity contribution in [2.45, 2.75) is 74.3 Å². The molecule has 1 N–H and O–H groups in total. The highest BCUT2D eigenvalue weighted by Gasteiger charge is 2.71. The van der Waals surface area contributed by atoms with Crippen LogP contribution in [0, 0.1) is 23.2 Å². The number of halogens is 10. The normalized spacial score (nSPS) is 27.1. The lowest BCUT2D eigenvalue weighted by molar-refractivity contribution is -0.359. The lowest BCUT2D eigenvalue weighted by Gasteiger charge is -2.55. The van der Waals surface area contributed by atoms with Crippen LogP contribution in [-0.2, 0) is 35.4 Å². The van der Waals surface area contributed by atoms with Crippen LogP contribution in [0.2, 0.25) is 0 Å². The zero-order valence-corrected chi connectivity index (χ0v) is 23.0. The van der Waals surface area contributed by atoms with Gasteiger partial charge in [0.05, 0.1) is 17.6 Å². The minimum atomic E-state index is -6.79. The molecule has 4 saturated carbocycles. The molecule has 4 aliphatic carbocycles. The fourth-order valence-corrected chi connectivity index (χ4v) is 7.01. The molecule has 1 aromatic carbocycles. The van der Waals surface area contributed by atoms with Gasteiger partial charge in [-0.2, -0.15) is 52.3 Å². The van der Waals surface area contributed by atoms with Gasteiger partial charge in [-0.15, -0.1) is 0 Å². The van der Waals surface area contributed by atoms with Crippen LogP contribution in [0.15, 0.2) is 24.3 Å². The average Bonchev–Trinajstić information content (AvgIpc) is 2.85. The zero-order valence-electron chi connectivity index (χ0n) is 22.2. The summed E-state index contributed by atoms with van der Waals surface area (Å²) in [6, 6.07) is 1.48. The Labute approximate surface area is 242 Å². The van der Waals surface area contributed by atoms with Crippen molar-refractivity contribution in [1.82, 2.24) is 0 Å². The van der Waals surface area contributed by atoms with Gasteiger partial charge in [0.1, 0.15) is 5.75 Å². The predicted molar refractivity (Wildman–Crippen MR) is 125 cm³/mol. The van der Waals surface area contributed by atoms with Gasteiger partial charge in [0.15, 0.2) is 0 Å². The Hall–Kier alpha value is -2.67. The first kappa shape index (κ1) is 34.2. The van der Waals surface area contributed by atoms with Gasteiger partial charge < -0.3 is 14.2 Å². The lowest BCUT2D eigenvalue weighted by atomic mass is 9.49. The van der Waals surface area contributed by atoms with E-state index in [-0.39, 0.29) is 37.0 Å². The average molecular weight is 675 g/mol. The molecule has 0 spiro atoms. The number of benzene rings is 1. The Morgan fingerprint density at radius 2 is 1.32 bits per heavy atom. The molecule has 0 amide bonds. The van der Waals surface area contributed by atoms with Gasteiger partial charge in [0.25, 0.3) is 0 Å². The third-order valence-electron chi connectivity index (χ3n) is 8.21. The molecular formula is C25H24F10O8S. The number of esters is 2. The molecule has 1 aromatic rings. The monoisotopic (exact) mass is 674 g/mol. The summed E-state index contributed by atoms with van der Waals surface area (Å²) in [5.74, 6) is -16.1. The van der Waals surface area contributed by atoms with E-state index in [9.17, 15) is 61.9 Å². The van der Waals surface area contributed by atoms with E-state index in [0.717, 1.165) is 0 Å². The SMILES string of the molecule is O=C(OC(OCCC(F)(F)C(F)(F)S(=O)(=O)O)(C(=O)Oc1ccc(C(F)(F)F)cc1)C(F)(F)F)C12CC3CC(CC(C3)C1)C2. The van der Waals surface area contributed by atoms with Crippen molar-refractivity contribution in [3.63, 3.8) is 0 Å². The number of ether oxygens (including phenoxy) is 3. The summed E-state index contributed by atoms with van der Waals surface area (Å²) in [5.41, 5.74) is -2.84. The summed E-state index contributed by atoms with van der Waals surface area (Å²) >= 11 is 0. The molecule has 8 nitrogen and oxygen atoms in total. The van der Waals surface area contributed by atoms with Crippen molar-refractivity contribution >= 4 is 22.1 Å². The largest absolute Gasteiger partial charge is 0.468 e. The van der Waals surface area contributed by atoms with Gasteiger partial charge in [-0.3, -0.25) is 9.35 Å². The third kappa shape index (κ3) is 6.23. The minimum absolute atomic E-state index is 0.0598. The number of carbonyl (C=O) groups is 2. The molecule has 0 aromatic heterocycles. The third-order valence-corrected chi connectivity index (χ3v) is 9.16. The second kappa shape index (κ2) is 11.0. The van der Waals surface area contributed by atoms with Gasteiger partial charge in [-0.1, -0.05) is 0 Å². The highest BCUT2D eigenvalue weighted by Crippen LogP contribution is 2.61. The number of carbonyl (C=O) groups excluding carboxylic acids is 2. The molecule has 1 unspecified atom stereocenters. The molecule has 0 heterocycles. The smallest absolute Gasteiger partial charge is 0.421 e. The van der Waals surface area contributed by atoms with E-state index < -0.39 is 81.1 Å². The lowest BCUT2D eigenvalue weighted by Crippen LogP contribution is -2.62. The molecule has 0 radical (unpaired) electrons. The van der Waals surface area contributed by atoms with Gasteiger partial charge in [0, 0.05) is 6.42 Å². The van der Waals surface area contributed by atoms with Crippen LogP contribution in [0.5, 0.6) is 5.75 Å². The highest BCUT2D eigenvalue weighted by molar-refractivity contribution is 7.87. The standard InChI is InChI=1S/C25H24F10O8S/c26-21(27,25(34,35)44(38,39)40)5-6-41-22(24(31,32)33,19(37)42-17-3-1-16(2-4-17)23(28,29)30)43-18(36)20-10-13-7-14(11-20)9-15(8-13)12-20/h1-4,13-15H,5-12H2,(H,38,39,40). The van der Waals surface area contributed by atoms with Crippen LogP contribution in [-0.4, -0.2) is 54.7 Å². The van der Waals surface area contributed by atoms with E-state index in [1.54, 1.807) is 0 Å². The fourth-order valence-electron chi connectivity index (χ4n) is 6.53. The van der Waals surface area contributed by atoms with Crippen molar-refractivity contribution in [2.75, 3.05) is 6.61 Å². The molecule has 0 aliphatic heterocycles. The van der Waals surface area contributed by atoms with Crippen LogP contribution >= 0.6 is 0 Å². The summed E-state index contributed by atoms with van der Waals surface area (Å²) in [7, 11) is -6.79. The van der Waals surface area contributed by atoms with Gasteiger partial charge in [0.2, 0.25) is 0 Å². The molecule has 44 heavy (non-hydrogen) atoms. The Balaban J connectivity index is 1.67. The van der Waals surface area contributed by atoms with E-state index >= 15 is 0 Å². The van der Waals surface area contributed by atoms with Crippen molar-refractivity contribution in [3.8, 4) is 5.75 Å². The summed E-state index contributed by atoms with van der Waals surface area (Å²) in [4.78, 5) is 26.4. The zero-order chi connectivity index (χ0) is 33.1. The van der Waals surface area contributed by atoms with Crippen LogP contribution in [0.25, 0.3) is 0 Å². The summed E-state index contributed by atoms with van der Waals surface area (Å²) in [6.07, 6.45) is -11.3. The number of hydrogen-bond acceptors (Lipinski definition) is 7. The molecule has 1 atom stereocenters. The van der Waals surface area contributed by atoms with Crippen LogP contribution in [0.1, 0.15) is 50.5 Å². The first-order valence-electron chi connectivity index (χ1n) is 13.0. The van der Waals surface area contributed by atoms with Gasteiger partial charge in [-0.05, 0) is 80.5 Å². The fraction of sp³-hybridized carbons (Fsp3) is 0.680. The highest BCUT2D eigenvalue weighted by atomic mass is 32.2. The molecule has 248 valence electrons. The van der Waals surface area contributed by atoms with Gasteiger partial charge in [-0.25, -0.2) is 4.79 Å². The summed E-state index contributed by atoms with van der Waals surface area (Å²) in [5, 5.41) is -6.21. The Bertz CT molecular complexity index is 1340. The van der Waals surface area contributed by atoms with Crippen molar-refractivity contribution in [1.29, 1.82) is 0 Å². The van der Waals surface area contributed by atoms with E-state index in [4.69, 9.17) is 4.55 Å². The van der Waals surface area contributed by atoms with Crippen molar-refractivity contribution in [2.24, 2.45) is 23.2 Å². The molecule has 5 rings (SSSR count). The van der Waals surface area contributed by atoms with Gasteiger partial charge >= 0.3 is 51.4 Å². The topological polar surface area (TPSA) is 116 Å². The number of hydrogen-bond donors (Lipinski definition) is 1.